The van der Waals surface area contributed by atoms with Crippen LogP contribution in [-0.4, -0.2) is 27.4 Å². The minimum Gasteiger partial charge on any atom is -0.489 e. The van der Waals surface area contributed by atoms with Gasteiger partial charge in [0.25, 0.3) is 0 Å². The van der Waals surface area contributed by atoms with Gasteiger partial charge < -0.3 is 10.1 Å². The van der Waals surface area contributed by atoms with Gasteiger partial charge in [-0.15, -0.1) is 10.2 Å². The van der Waals surface area contributed by atoms with E-state index in [9.17, 15) is 0 Å². The maximum atomic E-state index is 6.34. The molecule has 2 aromatic heterocycles. The molecule has 1 N–H and O–H groups in total. The monoisotopic (exact) mass is 374 g/mol. The van der Waals surface area contributed by atoms with Crippen LogP contribution in [0, 0.1) is 0 Å². The molecule has 1 aliphatic rings. The highest BCUT2D eigenvalue weighted by Gasteiger charge is 2.17. The van der Waals surface area contributed by atoms with Gasteiger partial charge in [0.15, 0.2) is 0 Å². The number of rotatable bonds is 4. The van der Waals surface area contributed by atoms with E-state index in [1.807, 2.05) is 32.0 Å². The van der Waals surface area contributed by atoms with E-state index in [-0.39, 0.29) is 6.10 Å². The molecule has 0 bridgehead atoms. The first-order valence-electron chi connectivity index (χ1n) is 8.32. The van der Waals surface area contributed by atoms with Crippen LogP contribution in [0.4, 0.5) is 0 Å². The molecule has 0 aliphatic carbocycles. The molecule has 0 spiro atoms. The number of nitrogens with zero attached hydrogens (tertiary/aromatic N) is 3. The van der Waals surface area contributed by atoms with Crippen LogP contribution in [0.25, 0.3) is 15.7 Å². The largest absolute Gasteiger partial charge is 0.489 e. The third-order valence-corrected chi connectivity index (χ3v) is 5.37. The van der Waals surface area contributed by atoms with Gasteiger partial charge in [-0.2, -0.15) is 0 Å². The Morgan fingerprint density at radius 2 is 2.16 bits per heavy atom. The lowest BCUT2D eigenvalue weighted by Crippen LogP contribution is -2.24. The molecule has 1 aliphatic heterocycles. The highest BCUT2D eigenvalue weighted by atomic mass is 35.5. The molecule has 3 heterocycles. The van der Waals surface area contributed by atoms with Crippen LogP contribution in [0.5, 0.6) is 5.75 Å². The van der Waals surface area contributed by atoms with Crippen molar-refractivity contribution in [3.8, 4) is 21.5 Å². The topological polar surface area (TPSA) is 52.0 Å². The van der Waals surface area contributed by atoms with Crippen LogP contribution in [0.2, 0.25) is 5.02 Å². The Bertz CT molecular complexity index is 902. The van der Waals surface area contributed by atoms with Gasteiger partial charge in [-0.05, 0) is 43.7 Å². The summed E-state index contributed by atoms with van der Waals surface area (Å²) in [7, 11) is 0. The van der Waals surface area contributed by atoms with Crippen molar-refractivity contribution in [2.24, 2.45) is 0 Å². The number of benzene rings is 1. The van der Waals surface area contributed by atoms with Crippen LogP contribution in [0.15, 0.2) is 30.5 Å². The van der Waals surface area contributed by atoms with Gasteiger partial charge in [-0.1, -0.05) is 22.9 Å². The number of ether oxygens (including phenoxy) is 1. The van der Waals surface area contributed by atoms with Crippen LogP contribution in [-0.2, 0) is 13.0 Å². The van der Waals surface area contributed by atoms with Gasteiger partial charge >= 0.3 is 0 Å². The van der Waals surface area contributed by atoms with Gasteiger partial charge in [-0.3, -0.25) is 4.57 Å². The average Bonchev–Trinajstić information content (AvgIpc) is 3.22. The van der Waals surface area contributed by atoms with Crippen molar-refractivity contribution < 1.29 is 4.74 Å². The highest BCUT2D eigenvalue weighted by Crippen LogP contribution is 2.33. The minimum atomic E-state index is 0.0888. The molecule has 25 heavy (non-hydrogen) atoms. The number of halogens is 1. The summed E-state index contributed by atoms with van der Waals surface area (Å²) in [5.41, 5.74) is 3.61. The quantitative estimate of drug-likeness (QED) is 0.747. The summed E-state index contributed by atoms with van der Waals surface area (Å²) in [6.07, 6.45) is 3.17. The van der Waals surface area contributed by atoms with Gasteiger partial charge in [0.1, 0.15) is 10.8 Å². The molecule has 0 radical (unpaired) electrons. The van der Waals surface area contributed by atoms with Crippen molar-refractivity contribution >= 4 is 22.9 Å². The Kier molecular flexibility index (Phi) is 4.50. The predicted molar refractivity (Wildman–Crippen MR) is 101 cm³/mol. The van der Waals surface area contributed by atoms with Crippen molar-refractivity contribution in [2.75, 3.05) is 6.54 Å². The molecule has 130 valence electrons. The van der Waals surface area contributed by atoms with Gasteiger partial charge in [0.2, 0.25) is 5.13 Å². The standard InChI is InChI=1S/C18H19ClN4OS/c1-11(2)24-16-4-3-12(9-14(16)19)17-21-22-18(25-17)23-8-6-13-10-20-7-5-15(13)23/h3-4,6,8-9,11,20H,5,7,10H2,1-2H3. The first-order chi connectivity index (χ1) is 12.1. The van der Waals surface area contributed by atoms with E-state index in [1.54, 1.807) is 11.3 Å². The maximum absolute atomic E-state index is 6.34. The molecule has 0 unspecified atom stereocenters. The molecule has 0 atom stereocenters. The first kappa shape index (κ1) is 16.6. The Morgan fingerprint density at radius 3 is 2.96 bits per heavy atom. The Hall–Kier alpha value is -1.89. The summed E-state index contributed by atoms with van der Waals surface area (Å²) in [5.74, 6) is 0.692. The average molecular weight is 375 g/mol. The molecule has 0 fully saturated rings. The zero-order chi connectivity index (χ0) is 17.4. The van der Waals surface area contributed by atoms with E-state index in [0.717, 1.165) is 35.2 Å². The molecule has 5 nitrogen and oxygen atoms in total. The zero-order valence-corrected chi connectivity index (χ0v) is 15.7. The molecule has 0 amide bonds. The zero-order valence-electron chi connectivity index (χ0n) is 14.1. The summed E-state index contributed by atoms with van der Waals surface area (Å²) in [6.45, 7) is 5.87. The van der Waals surface area contributed by atoms with Crippen molar-refractivity contribution in [3.63, 3.8) is 0 Å². The van der Waals surface area contributed by atoms with Crippen molar-refractivity contribution in [2.45, 2.75) is 32.9 Å². The smallest absolute Gasteiger partial charge is 0.216 e. The fourth-order valence-corrected chi connectivity index (χ4v) is 4.04. The minimum absolute atomic E-state index is 0.0888. The van der Waals surface area contributed by atoms with E-state index in [2.05, 4.69) is 32.3 Å². The Balaban J connectivity index is 1.63. The van der Waals surface area contributed by atoms with Crippen LogP contribution < -0.4 is 10.1 Å². The summed E-state index contributed by atoms with van der Waals surface area (Å²) in [4.78, 5) is 0. The number of nitrogens with one attached hydrogen (secondary N) is 1. The van der Waals surface area contributed by atoms with Gasteiger partial charge in [-0.25, -0.2) is 0 Å². The lowest BCUT2D eigenvalue weighted by atomic mass is 10.1. The maximum Gasteiger partial charge on any atom is 0.216 e. The predicted octanol–water partition coefficient (Wildman–Crippen LogP) is 4.08. The van der Waals surface area contributed by atoms with E-state index >= 15 is 0 Å². The molecule has 0 saturated heterocycles. The Morgan fingerprint density at radius 1 is 1.28 bits per heavy atom. The molecule has 1 aromatic carbocycles. The summed E-state index contributed by atoms with van der Waals surface area (Å²) < 4.78 is 7.84. The first-order valence-corrected chi connectivity index (χ1v) is 9.51. The number of hydrogen-bond donors (Lipinski definition) is 1. The normalized spacial score (nSPS) is 13.9. The van der Waals surface area contributed by atoms with Crippen LogP contribution >= 0.6 is 22.9 Å². The lowest BCUT2D eigenvalue weighted by Gasteiger charge is -2.15. The van der Waals surface area contributed by atoms with Crippen LogP contribution in [0.3, 0.4) is 0 Å². The SMILES string of the molecule is CC(C)Oc1ccc(-c2nnc(-n3ccc4c3CCNC4)s2)cc1Cl. The third-order valence-electron chi connectivity index (χ3n) is 4.10. The second-order valence-corrected chi connectivity index (χ2v) is 7.65. The highest BCUT2D eigenvalue weighted by molar-refractivity contribution is 7.17. The van der Waals surface area contributed by atoms with E-state index in [0.29, 0.717) is 10.8 Å². The van der Waals surface area contributed by atoms with E-state index in [4.69, 9.17) is 16.3 Å². The molecule has 4 rings (SSSR count). The summed E-state index contributed by atoms with van der Waals surface area (Å²) >= 11 is 7.91. The van der Waals surface area contributed by atoms with Gasteiger partial charge in [0, 0.05) is 37.0 Å². The molecular formula is C18H19ClN4OS. The van der Waals surface area contributed by atoms with Crippen molar-refractivity contribution in [1.82, 2.24) is 20.1 Å². The third kappa shape index (κ3) is 3.29. The Labute approximate surface area is 155 Å². The van der Waals surface area contributed by atoms with Gasteiger partial charge in [0.05, 0.1) is 11.1 Å². The van der Waals surface area contributed by atoms with E-state index < -0.39 is 0 Å². The lowest BCUT2D eigenvalue weighted by molar-refractivity contribution is 0.242. The summed E-state index contributed by atoms with van der Waals surface area (Å²) in [5, 5.41) is 14.5. The molecule has 3 aromatic rings. The number of hydrogen-bond acceptors (Lipinski definition) is 5. The van der Waals surface area contributed by atoms with Crippen molar-refractivity contribution in [3.05, 3.63) is 46.7 Å². The second kappa shape index (κ2) is 6.78. The number of fused-ring (bicyclic) bond motifs is 1. The summed E-state index contributed by atoms with van der Waals surface area (Å²) in [6, 6.07) is 7.90. The second-order valence-electron chi connectivity index (χ2n) is 6.29. The van der Waals surface area contributed by atoms with Crippen LogP contribution in [0.1, 0.15) is 25.1 Å². The van der Waals surface area contributed by atoms with E-state index in [1.165, 1.54) is 11.3 Å². The molecule has 0 saturated carbocycles. The van der Waals surface area contributed by atoms with Crippen molar-refractivity contribution in [1.29, 1.82) is 0 Å². The molecular weight excluding hydrogens is 356 g/mol. The molecule has 7 heteroatoms. The fraction of sp³-hybridized carbons (Fsp3) is 0.333. The number of aromatic nitrogens is 3. The fourth-order valence-electron chi connectivity index (χ4n) is 2.97.